The fourth-order valence-corrected chi connectivity index (χ4v) is 2.56. The normalized spacial score (nSPS) is 19.1. The first-order valence-electron chi connectivity index (χ1n) is 7.47. The van der Waals surface area contributed by atoms with Crippen molar-refractivity contribution in [2.75, 3.05) is 31.8 Å². The molecule has 6 heteroatoms. The van der Waals surface area contributed by atoms with Crippen molar-refractivity contribution in [2.45, 2.75) is 26.0 Å². The van der Waals surface area contributed by atoms with E-state index < -0.39 is 6.10 Å². The van der Waals surface area contributed by atoms with Crippen molar-refractivity contribution < 1.29 is 19.4 Å². The molecule has 1 aliphatic heterocycles. The minimum absolute atomic E-state index is 0.0530. The Morgan fingerprint density at radius 1 is 1.45 bits per heavy atom. The van der Waals surface area contributed by atoms with Crippen LogP contribution in [0.3, 0.4) is 0 Å². The number of aliphatic hydroxyl groups is 1. The van der Waals surface area contributed by atoms with Gasteiger partial charge in [0, 0.05) is 13.7 Å². The van der Waals surface area contributed by atoms with E-state index in [0.29, 0.717) is 18.0 Å². The van der Waals surface area contributed by atoms with Crippen LogP contribution in [0.2, 0.25) is 0 Å². The lowest BCUT2D eigenvalue weighted by Crippen LogP contribution is -2.49. The summed E-state index contributed by atoms with van der Waals surface area (Å²) in [5.41, 5.74) is 7.57. The number of carbonyl (C=O) groups excluding carboxylic acids is 1. The van der Waals surface area contributed by atoms with Gasteiger partial charge in [-0.3, -0.25) is 4.79 Å². The van der Waals surface area contributed by atoms with Gasteiger partial charge in [-0.1, -0.05) is 19.9 Å². The zero-order chi connectivity index (χ0) is 16.3. The minimum Gasteiger partial charge on any atom is -0.478 e. The van der Waals surface area contributed by atoms with Crippen LogP contribution in [0.4, 0.5) is 5.69 Å². The number of nitrogens with zero attached hydrogens (tertiary/aromatic N) is 1. The number of methoxy groups -OCH3 is 1. The van der Waals surface area contributed by atoms with Gasteiger partial charge in [0.1, 0.15) is 5.75 Å². The molecule has 0 saturated heterocycles. The molecule has 6 nitrogen and oxygen atoms in total. The fraction of sp³-hybridized carbons (Fsp3) is 0.562. The molecule has 1 aromatic carbocycles. The summed E-state index contributed by atoms with van der Waals surface area (Å²) in [5.74, 6) is 0.561. The van der Waals surface area contributed by atoms with Crippen molar-refractivity contribution >= 4 is 11.6 Å². The Kier molecular flexibility index (Phi) is 5.39. The Labute approximate surface area is 130 Å². The van der Waals surface area contributed by atoms with Gasteiger partial charge in [0.25, 0.3) is 5.91 Å². The summed E-state index contributed by atoms with van der Waals surface area (Å²) in [5, 5.41) is 9.27. The molecule has 1 amide bonds. The van der Waals surface area contributed by atoms with Crippen LogP contribution in [0.1, 0.15) is 25.5 Å². The van der Waals surface area contributed by atoms with Gasteiger partial charge in [0.2, 0.25) is 0 Å². The summed E-state index contributed by atoms with van der Waals surface area (Å²) in [4.78, 5) is 14.1. The summed E-state index contributed by atoms with van der Waals surface area (Å²) < 4.78 is 10.9. The van der Waals surface area contributed by atoms with Crippen molar-refractivity contribution in [2.24, 2.45) is 11.7 Å². The number of carbonyl (C=O) groups is 1. The fourth-order valence-electron chi connectivity index (χ4n) is 2.56. The lowest BCUT2D eigenvalue weighted by molar-refractivity contribution is -0.128. The second-order valence-corrected chi connectivity index (χ2v) is 5.78. The van der Waals surface area contributed by atoms with Crippen molar-refractivity contribution in [3.05, 3.63) is 23.8 Å². The molecule has 2 rings (SSSR count). The van der Waals surface area contributed by atoms with Crippen LogP contribution >= 0.6 is 0 Å². The predicted octanol–water partition coefficient (Wildman–Crippen LogP) is 1.08. The van der Waals surface area contributed by atoms with E-state index in [1.807, 2.05) is 32.0 Å². The second-order valence-electron chi connectivity index (χ2n) is 5.78. The van der Waals surface area contributed by atoms with E-state index in [0.717, 1.165) is 5.56 Å². The lowest BCUT2D eigenvalue weighted by atomic mass is 10.0. The quantitative estimate of drug-likeness (QED) is 0.821. The highest BCUT2D eigenvalue weighted by atomic mass is 16.5. The molecule has 1 heterocycles. The van der Waals surface area contributed by atoms with E-state index in [1.54, 1.807) is 12.0 Å². The molecule has 0 spiro atoms. The number of amides is 1. The van der Waals surface area contributed by atoms with Gasteiger partial charge in [0.05, 0.1) is 24.9 Å². The van der Waals surface area contributed by atoms with E-state index in [1.165, 1.54) is 0 Å². The van der Waals surface area contributed by atoms with Crippen LogP contribution in [0.15, 0.2) is 18.2 Å². The monoisotopic (exact) mass is 308 g/mol. The molecule has 2 atom stereocenters. The SMILES string of the molecule is COCC(N)c1ccc2c(c1)N(CCO)C(=O)C(C(C)C)O2. The van der Waals surface area contributed by atoms with Crippen LogP contribution in [0.5, 0.6) is 5.75 Å². The van der Waals surface area contributed by atoms with E-state index in [2.05, 4.69) is 0 Å². The van der Waals surface area contributed by atoms with Gasteiger partial charge in [-0.2, -0.15) is 0 Å². The molecular formula is C16H24N2O4. The number of hydrogen-bond donors (Lipinski definition) is 2. The van der Waals surface area contributed by atoms with E-state index in [4.69, 9.17) is 15.2 Å². The highest BCUT2D eigenvalue weighted by molar-refractivity contribution is 6.00. The number of fused-ring (bicyclic) bond motifs is 1. The molecular weight excluding hydrogens is 284 g/mol. The number of benzene rings is 1. The van der Waals surface area contributed by atoms with Gasteiger partial charge >= 0.3 is 0 Å². The summed E-state index contributed by atoms with van der Waals surface area (Å²) in [7, 11) is 1.59. The van der Waals surface area contributed by atoms with Crippen molar-refractivity contribution in [3.63, 3.8) is 0 Å². The number of nitrogens with two attached hydrogens (primary N) is 1. The van der Waals surface area contributed by atoms with Crippen molar-refractivity contribution in [1.29, 1.82) is 0 Å². The van der Waals surface area contributed by atoms with E-state index >= 15 is 0 Å². The third-order valence-electron chi connectivity index (χ3n) is 3.74. The molecule has 0 radical (unpaired) electrons. The molecule has 0 aromatic heterocycles. The van der Waals surface area contributed by atoms with E-state index in [-0.39, 0.29) is 31.0 Å². The van der Waals surface area contributed by atoms with Gasteiger partial charge in [-0.05, 0) is 23.6 Å². The number of ether oxygens (including phenoxy) is 2. The molecule has 22 heavy (non-hydrogen) atoms. The summed E-state index contributed by atoms with van der Waals surface area (Å²) in [6.45, 7) is 4.40. The second kappa shape index (κ2) is 7.09. The topological polar surface area (TPSA) is 85.0 Å². The Hall–Kier alpha value is -1.63. The van der Waals surface area contributed by atoms with Crippen molar-refractivity contribution in [3.8, 4) is 5.75 Å². The largest absolute Gasteiger partial charge is 0.478 e. The van der Waals surface area contributed by atoms with Gasteiger partial charge in [0.15, 0.2) is 6.10 Å². The van der Waals surface area contributed by atoms with E-state index in [9.17, 15) is 9.90 Å². The maximum absolute atomic E-state index is 12.6. The Balaban J connectivity index is 2.39. The smallest absolute Gasteiger partial charge is 0.268 e. The first-order chi connectivity index (χ1) is 10.5. The highest BCUT2D eigenvalue weighted by Gasteiger charge is 2.36. The lowest BCUT2D eigenvalue weighted by Gasteiger charge is -2.36. The Bertz CT molecular complexity index is 533. The van der Waals surface area contributed by atoms with Crippen LogP contribution < -0.4 is 15.4 Å². The summed E-state index contributed by atoms with van der Waals surface area (Å²) in [6.07, 6.45) is -0.530. The molecule has 0 aliphatic carbocycles. The average Bonchev–Trinajstić information content (AvgIpc) is 2.49. The molecule has 122 valence electrons. The number of rotatable bonds is 6. The zero-order valence-corrected chi connectivity index (χ0v) is 13.3. The molecule has 3 N–H and O–H groups in total. The molecule has 2 unspecified atom stereocenters. The standard InChI is InChI=1S/C16H24N2O4/c1-10(2)15-16(20)18(6-7-19)13-8-11(12(17)9-21-3)4-5-14(13)22-15/h4-5,8,10,12,15,19H,6-7,9,17H2,1-3H3. The van der Waals surface area contributed by atoms with Gasteiger partial charge < -0.3 is 25.2 Å². The van der Waals surface area contributed by atoms with Crippen LogP contribution in [-0.2, 0) is 9.53 Å². The number of anilines is 1. The molecule has 1 aromatic rings. The predicted molar refractivity (Wildman–Crippen MR) is 83.9 cm³/mol. The third kappa shape index (κ3) is 3.24. The first-order valence-corrected chi connectivity index (χ1v) is 7.47. The number of β-amino-alcohol motifs (C(OH)–C–C–N with tert-alkyl or cyclic N) is 1. The Morgan fingerprint density at radius 2 is 2.18 bits per heavy atom. The summed E-state index contributed by atoms with van der Waals surface area (Å²) in [6, 6.07) is 5.27. The maximum Gasteiger partial charge on any atom is 0.268 e. The zero-order valence-electron chi connectivity index (χ0n) is 13.3. The number of aliphatic hydroxyl groups excluding tert-OH is 1. The molecule has 0 fully saturated rings. The highest BCUT2D eigenvalue weighted by Crippen LogP contribution is 2.37. The average molecular weight is 308 g/mol. The molecule has 0 bridgehead atoms. The van der Waals surface area contributed by atoms with Gasteiger partial charge in [-0.25, -0.2) is 0 Å². The van der Waals surface area contributed by atoms with Crippen LogP contribution in [0.25, 0.3) is 0 Å². The maximum atomic E-state index is 12.6. The van der Waals surface area contributed by atoms with Crippen LogP contribution in [-0.4, -0.2) is 44.0 Å². The van der Waals surface area contributed by atoms with Crippen molar-refractivity contribution in [1.82, 2.24) is 0 Å². The van der Waals surface area contributed by atoms with Gasteiger partial charge in [-0.15, -0.1) is 0 Å². The summed E-state index contributed by atoms with van der Waals surface area (Å²) >= 11 is 0. The minimum atomic E-state index is -0.530. The first kappa shape index (κ1) is 16.7. The molecule has 0 saturated carbocycles. The Morgan fingerprint density at radius 3 is 2.77 bits per heavy atom. The molecule has 1 aliphatic rings. The van der Waals surface area contributed by atoms with Crippen LogP contribution in [0, 0.1) is 5.92 Å². The number of hydrogen-bond acceptors (Lipinski definition) is 5. The third-order valence-corrected chi connectivity index (χ3v) is 3.74.